The van der Waals surface area contributed by atoms with Crippen molar-refractivity contribution in [2.45, 2.75) is 65.1 Å². The molecule has 0 aliphatic carbocycles. The Balaban J connectivity index is 1.51. The Hall–Kier alpha value is -5.13. The Morgan fingerprint density at radius 3 is 2.42 bits per heavy atom. The second-order valence-electron chi connectivity index (χ2n) is 12.3. The molecule has 1 saturated heterocycles. The lowest BCUT2D eigenvalue weighted by Gasteiger charge is -2.25. The number of hydrogen-bond acceptors (Lipinski definition) is 8. The molecular formula is C36H41FN4O7. The SMILES string of the molecule is Cc1cc(C(=O)N[C@H](C(=O)C[C@@H](Cc2ccc(F)cc2)C(=O)N[C@H](/C=C/C(=O)OCc2ccccc2)C[C@@H]2CCNC2=O)C(C)C)no1. The first-order valence-electron chi connectivity index (χ1n) is 16.0. The smallest absolute Gasteiger partial charge is 0.330 e. The average Bonchev–Trinajstić information content (AvgIpc) is 3.69. The third-order valence-corrected chi connectivity index (χ3v) is 8.09. The molecule has 0 spiro atoms. The van der Waals surface area contributed by atoms with Crippen molar-refractivity contribution in [3.05, 3.63) is 101 Å². The van der Waals surface area contributed by atoms with Crippen LogP contribution in [0.15, 0.2) is 77.3 Å². The van der Waals surface area contributed by atoms with Crippen LogP contribution in [0.25, 0.3) is 0 Å². The number of ether oxygens (including phenoxy) is 1. The van der Waals surface area contributed by atoms with Gasteiger partial charge in [0.25, 0.3) is 5.91 Å². The van der Waals surface area contributed by atoms with Gasteiger partial charge in [0.2, 0.25) is 11.8 Å². The van der Waals surface area contributed by atoms with E-state index in [4.69, 9.17) is 9.26 Å². The number of carbonyl (C=O) groups is 5. The molecule has 4 atom stereocenters. The minimum absolute atomic E-state index is 0.0272. The standard InChI is InChI=1S/C36H41FN4O7/c1-22(2)33(40-36(46)30-17-23(3)48-41-30)31(42)20-27(18-24-9-11-28(37)12-10-24)35(45)39-29(19-26-15-16-38-34(26)44)13-14-32(43)47-21-25-7-5-4-6-8-25/h4-14,17,22,26-27,29,33H,15-16,18-21H2,1-3H3,(H,38,44)(H,39,45)(H,40,46)/b14-13+/t26-,27+,29+,33-/m0/s1. The molecule has 0 bridgehead atoms. The van der Waals surface area contributed by atoms with Crippen molar-refractivity contribution in [3.63, 3.8) is 0 Å². The minimum Gasteiger partial charge on any atom is -0.458 e. The summed E-state index contributed by atoms with van der Waals surface area (Å²) in [4.78, 5) is 65.4. The number of esters is 1. The molecule has 3 N–H and O–H groups in total. The Morgan fingerprint density at radius 1 is 1.06 bits per heavy atom. The van der Waals surface area contributed by atoms with E-state index in [9.17, 15) is 28.4 Å². The topological polar surface area (TPSA) is 157 Å². The van der Waals surface area contributed by atoms with Crippen molar-refractivity contribution in [3.8, 4) is 0 Å². The van der Waals surface area contributed by atoms with E-state index in [1.54, 1.807) is 20.8 Å². The van der Waals surface area contributed by atoms with Gasteiger partial charge < -0.3 is 25.2 Å². The van der Waals surface area contributed by atoms with E-state index in [2.05, 4.69) is 21.1 Å². The molecule has 3 aromatic rings. The van der Waals surface area contributed by atoms with Gasteiger partial charge in [-0.2, -0.15) is 0 Å². The first kappa shape index (κ1) is 35.7. The summed E-state index contributed by atoms with van der Waals surface area (Å²) in [5, 5.41) is 12.1. The number of Topliss-reactive ketones (excluding diaryl/α,β-unsaturated/α-hetero) is 1. The highest BCUT2D eigenvalue weighted by atomic mass is 19.1. The van der Waals surface area contributed by atoms with E-state index in [-0.39, 0.29) is 49.2 Å². The summed E-state index contributed by atoms with van der Waals surface area (Å²) in [7, 11) is 0. The van der Waals surface area contributed by atoms with Crippen LogP contribution in [0.5, 0.6) is 0 Å². The van der Waals surface area contributed by atoms with Crippen LogP contribution in [0.4, 0.5) is 4.39 Å². The molecule has 0 unspecified atom stereocenters. The van der Waals surface area contributed by atoms with Crippen LogP contribution in [0, 0.1) is 30.5 Å². The van der Waals surface area contributed by atoms with E-state index in [0.29, 0.717) is 24.3 Å². The fourth-order valence-electron chi connectivity index (χ4n) is 5.47. The molecule has 2 heterocycles. The van der Waals surface area contributed by atoms with E-state index in [0.717, 1.165) is 5.56 Å². The number of rotatable bonds is 16. The third-order valence-electron chi connectivity index (χ3n) is 8.09. The Morgan fingerprint density at radius 2 is 1.79 bits per heavy atom. The molecule has 3 amide bonds. The van der Waals surface area contributed by atoms with Gasteiger partial charge in [-0.25, -0.2) is 9.18 Å². The summed E-state index contributed by atoms with van der Waals surface area (Å²) >= 11 is 0. The van der Waals surface area contributed by atoms with Gasteiger partial charge in [-0.3, -0.25) is 19.2 Å². The molecule has 1 aromatic heterocycles. The van der Waals surface area contributed by atoms with Gasteiger partial charge >= 0.3 is 5.97 Å². The molecule has 12 heteroatoms. The summed E-state index contributed by atoms with van der Waals surface area (Å²) in [5.74, 6) is -3.87. The highest BCUT2D eigenvalue weighted by Gasteiger charge is 2.32. The Kier molecular flexibility index (Phi) is 12.8. The normalized spacial score (nSPS) is 16.3. The van der Waals surface area contributed by atoms with Gasteiger partial charge in [-0.05, 0) is 55.4 Å². The van der Waals surface area contributed by atoms with Crippen molar-refractivity contribution < 1.29 is 37.6 Å². The van der Waals surface area contributed by atoms with Gasteiger partial charge in [-0.1, -0.05) is 67.5 Å². The molecule has 2 aromatic carbocycles. The molecule has 0 saturated carbocycles. The molecule has 0 radical (unpaired) electrons. The first-order chi connectivity index (χ1) is 23.0. The van der Waals surface area contributed by atoms with Crippen LogP contribution < -0.4 is 16.0 Å². The van der Waals surface area contributed by atoms with Gasteiger partial charge in [0, 0.05) is 43.0 Å². The zero-order chi connectivity index (χ0) is 34.6. The number of benzene rings is 2. The highest BCUT2D eigenvalue weighted by Crippen LogP contribution is 2.21. The van der Waals surface area contributed by atoms with Gasteiger partial charge in [0.15, 0.2) is 11.5 Å². The number of aryl methyl sites for hydroxylation is 1. The maximum absolute atomic E-state index is 13.9. The number of halogens is 1. The number of nitrogens with one attached hydrogen (secondary N) is 3. The van der Waals surface area contributed by atoms with E-state index >= 15 is 0 Å². The second-order valence-corrected chi connectivity index (χ2v) is 12.3. The lowest BCUT2D eigenvalue weighted by atomic mass is 9.87. The van der Waals surface area contributed by atoms with Crippen LogP contribution in [-0.4, -0.2) is 53.3 Å². The lowest BCUT2D eigenvalue weighted by Crippen LogP contribution is -2.47. The Labute approximate surface area is 278 Å². The quantitative estimate of drug-likeness (QED) is 0.154. The second kappa shape index (κ2) is 17.1. The highest BCUT2D eigenvalue weighted by molar-refractivity contribution is 5.97. The Bertz CT molecular complexity index is 1600. The van der Waals surface area contributed by atoms with E-state index in [1.807, 2.05) is 30.3 Å². The van der Waals surface area contributed by atoms with Crippen LogP contribution in [0.1, 0.15) is 60.5 Å². The van der Waals surface area contributed by atoms with Crippen molar-refractivity contribution in [2.75, 3.05) is 6.54 Å². The predicted octanol–water partition coefficient (Wildman–Crippen LogP) is 4.01. The molecule has 1 aliphatic rings. The number of carbonyl (C=O) groups excluding carboxylic acids is 5. The number of nitrogens with zero attached hydrogens (tertiary/aromatic N) is 1. The molecule has 4 rings (SSSR count). The molecule has 48 heavy (non-hydrogen) atoms. The molecular weight excluding hydrogens is 619 g/mol. The number of aromatic nitrogens is 1. The number of hydrogen-bond donors (Lipinski definition) is 3. The van der Waals surface area contributed by atoms with Crippen molar-refractivity contribution in [2.24, 2.45) is 17.8 Å². The van der Waals surface area contributed by atoms with Crippen LogP contribution in [0.2, 0.25) is 0 Å². The van der Waals surface area contributed by atoms with Crippen LogP contribution in [0.3, 0.4) is 0 Å². The van der Waals surface area contributed by atoms with Gasteiger partial charge in [-0.15, -0.1) is 0 Å². The molecule has 254 valence electrons. The third kappa shape index (κ3) is 10.7. The van der Waals surface area contributed by atoms with Crippen molar-refractivity contribution >= 4 is 29.5 Å². The van der Waals surface area contributed by atoms with Gasteiger partial charge in [0.1, 0.15) is 18.2 Å². The molecule has 11 nitrogen and oxygen atoms in total. The minimum atomic E-state index is -0.935. The van der Waals surface area contributed by atoms with Gasteiger partial charge in [0.05, 0.1) is 6.04 Å². The zero-order valence-electron chi connectivity index (χ0n) is 27.2. The van der Waals surface area contributed by atoms with E-state index < -0.39 is 47.5 Å². The summed E-state index contributed by atoms with van der Waals surface area (Å²) in [6.07, 6.45) is 3.35. The first-order valence-corrected chi connectivity index (χ1v) is 16.0. The lowest BCUT2D eigenvalue weighted by molar-refractivity contribution is -0.139. The largest absolute Gasteiger partial charge is 0.458 e. The predicted molar refractivity (Wildman–Crippen MR) is 174 cm³/mol. The maximum atomic E-state index is 13.9. The fraction of sp³-hybridized carbons (Fsp3) is 0.389. The zero-order valence-corrected chi connectivity index (χ0v) is 27.2. The monoisotopic (exact) mass is 660 g/mol. The summed E-state index contributed by atoms with van der Waals surface area (Å²) in [5.41, 5.74) is 1.46. The molecule has 1 fully saturated rings. The number of amides is 3. The van der Waals surface area contributed by atoms with Crippen molar-refractivity contribution in [1.29, 1.82) is 0 Å². The van der Waals surface area contributed by atoms with Crippen LogP contribution in [-0.2, 0) is 36.9 Å². The summed E-state index contributed by atoms with van der Waals surface area (Å²) < 4.78 is 24.0. The number of ketones is 1. The summed E-state index contributed by atoms with van der Waals surface area (Å²) in [6.45, 7) is 5.76. The summed E-state index contributed by atoms with van der Waals surface area (Å²) in [6, 6.07) is 14.6. The fourth-order valence-corrected chi connectivity index (χ4v) is 5.47. The average molecular weight is 661 g/mol. The maximum Gasteiger partial charge on any atom is 0.330 e. The van der Waals surface area contributed by atoms with Crippen molar-refractivity contribution in [1.82, 2.24) is 21.1 Å². The van der Waals surface area contributed by atoms with Crippen LogP contribution >= 0.6 is 0 Å². The van der Waals surface area contributed by atoms with E-state index in [1.165, 1.54) is 42.5 Å². The molecule has 1 aliphatic heterocycles.